The van der Waals surface area contributed by atoms with Gasteiger partial charge in [-0.25, -0.2) is 4.98 Å². The Hall–Kier alpha value is -0.450. The van der Waals surface area contributed by atoms with E-state index in [0.29, 0.717) is 0 Å². The lowest BCUT2D eigenvalue weighted by Crippen LogP contribution is -2.44. The fourth-order valence-corrected chi connectivity index (χ4v) is 4.25. The standard InChI is InChI=1S/C13H20N2OS/c1-14-13(6-8-16-9-7-13)12-15-10-4-2-3-5-11(10)17-12/h14H,2-9H2,1H3. The number of rotatable bonds is 2. The van der Waals surface area contributed by atoms with Crippen LogP contribution in [0, 0.1) is 0 Å². The Morgan fingerprint density at radius 3 is 2.71 bits per heavy atom. The molecule has 0 bridgehead atoms. The predicted octanol–water partition coefficient (Wildman–Crippen LogP) is 2.25. The smallest absolute Gasteiger partial charge is 0.113 e. The highest BCUT2D eigenvalue weighted by Crippen LogP contribution is 2.37. The average molecular weight is 252 g/mol. The van der Waals surface area contributed by atoms with Gasteiger partial charge in [0.25, 0.3) is 0 Å². The van der Waals surface area contributed by atoms with Gasteiger partial charge < -0.3 is 10.1 Å². The van der Waals surface area contributed by atoms with Crippen LogP contribution in [0.1, 0.15) is 41.3 Å². The molecule has 1 aromatic rings. The van der Waals surface area contributed by atoms with Crippen LogP contribution in [0.4, 0.5) is 0 Å². The molecule has 1 aromatic heterocycles. The number of aromatic nitrogens is 1. The van der Waals surface area contributed by atoms with Crippen LogP contribution in [0.5, 0.6) is 0 Å². The van der Waals surface area contributed by atoms with E-state index >= 15 is 0 Å². The molecule has 1 N–H and O–H groups in total. The fraction of sp³-hybridized carbons (Fsp3) is 0.769. The minimum Gasteiger partial charge on any atom is -0.381 e. The molecule has 3 rings (SSSR count). The minimum absolute atomic E-state index is 0.0836. The van der Waals surface area contributed by atoms with Gasteiger partial charge in [-0.1, -0.05) is 0 Å². The van der Waals surface area contributed by atoms with Crippen LogP contribution in [-0.2, 0) is 23.1 Å². The van der Waals surface area contributed by atoms with E-state index in [-0.39, 0.29) is 5.54 Å². The zero-order chi connectivity index (χ0) is 11.7. The quantitative estimate of drug-likeness (QED) is 0.876. The van der Waals surface area contributed by atoms with Crippen molar-refractivity contribution in [2.75, 3.05) is 20.3 Å². The highest BCUT2D eigenvalue weighted by Gasteiger charge is 2.36. The summed E-state index contributed by atoms with van der Waals surface area (Å²) in [5.41, 5.74) is 1.46. The normalized spacial score (nSPS) is 23.4. The third kappa shape index (κ3) is 2.02. The fourth-order valence-electron chi connectivity index (χ4n) is 2.85. The van der Waals surface area contributed by atoms with Crippen LogP contribution in [0.2, 0.25) is 0 Å². The van der Waals surface area contributed by atoms with Crippen molar-refractivity contribution in [1.29, 1.82) is 0 Å². The van der Waals surface area contributed by atoms with Gasteiger partial charge in [0, 0.05) is 18.1 Å². The van der Waals surface area contributed by atoms with Crippen LogP contribution >= 0.6 is 11.3 Å². The van der Waals surface area contributed by atoms with Crippen LogP contribution in [0.15, 0.2) is 0 Å². The lowest BCUT2D eigenvalue weighted by molar-refractivity contribution is 0.0397. The second kappa shape index (κ2) is 4.67. The molecule has 2 aliphatic rings. The number of hydrogen-bond donors (Lipinski definition) is 1. The largest absolute Gasteiger partial charge is 0.381 e. The van der Waals surface area contributed by atoms with Crippen LogP contribution in [-0.4, -0.2) is 25.2 Å². The molecule has 3 nitrogen and oxygen atoms in total. The molecule has 94 valence electrons. The van der Waals surface area contributed by atoms with Crippen molar-refractivity contribution in [3.8, 4) is 0 Å². The van der Waals surface area contributed by atoms with Gasteiger partial charge in [-0.2, -0.15) is 0 Å². The van der Waals surface area contributed by atoms with E-state index in [2.05, 4.69) is 12.4 Å². The maximum Gasteiger partial charge on any atom is 0.113 e. The molecule has 1 saturated heterocycles. The Morgan fingerprint density at radius 1 is 1.24 bits per heavy atom. The summed E-state index contributed by atoms with van der Waals surface area (Å²) in [6.07, 6.45) is 7.17. The van der Waals surface area contributed by atoms with Gasteiger partial charge in [-0.15, -0.1) is 11.3 Å². The van der Waals surface area contributed by atoms with Gasteiger partial charge in [0.1, 0.15) is 5.01 Å². The van der Waals surface area contributed by atoms with E-state index in [9.17, 15) is 0 Å². The molecular formula is C13H20N2OS. The van der Waals surface area contributed by atoms with Crippen molar-refractivity contribution in [3.63, 3.8) is 0 Å². The maximum absolute atomic E-state index is 5.49. The first-order valence-corrected chi connectivity index (χ1v) is 7.41. The van der Waals surface area contributed by atoms with Crippen molar-refractivity contribution >= 4 is 11.3 Å². The third-order valence-electron chi connectivity index (χ3n) is 4.08. The van der Waals surface area contributed by atoms with Gasteiger partial charge in [0.05, 0.1) is 11.2 Å². The first kappa shape index (κ1) is 11.6. The maximum atomic E-state index is 5.49. The monoisotopic (exact) mass is 252 g/mol. The highest BCUT2D eigenvalue weighted by atomic mass is 32.1. The number of nitrogens with zero attached hydrogens (tertiary/aromatic N) is 1. The Bertz CT molecular complexity index is 373. The summed E-state index contributed by atoms with van der Waals surface area (Å²) < 4.78 is 5.49. The molecule has 0 unspecified atom stereocenters. The number of nitrogens with one attached hydrogen (secondary N) is 1. The number of thiazole rings is 1. The summed E-state index contributed by atoms with van der Waals surface area (Å²) in [7, 11) is 2.06. The first-order chi connectivity index (χ1) is 8.34. The summed E-state index contributed by atoms with van der Waals surface area (Å²) in [5, 5.41) is 4.81. The van der Waals surface area contributed by atoms with E-state index in [4.69, 9.17) is 9.72 Å². The molecule has 17 heavy (non-hydrogen) atoms. The van der Waals surface area contributed by atoms with Crippen LogP contribution in [0.3, 0.4) is 0 Å². The van der Waals surface area contributed by atoms with Gasteiger partial charge in [0.15, 0.2) is 0 Å². The summed E-state index contributed by atoms with van der Waals surface area (Å²) in [5.74, 6) is 0. The molecule has 4 heteroatoms. The van der Waals surface area contributed by atoms with E-state index < -0.39 is 0 Å². The number of fused-ring (bicyclic) bond motifs is 1. The zero-order valence-electron chi connectivity index (χ0n) is 10.4. The second-order valence-corrected chi connectivity index (χ2v) is 6.12. The third-order valence-corrected chi connectivity index (χ3v) is 5.44. The van der Waals surface area contributed by atoms with Gasteiger partial charge in [0.2, 0.25) is 0 Å². The molecule has 2 heterocycles. The Balaban J connectivity index is 1.93. The van der Waals surface area contributed by atoms with Gasteiger partial charge >= 0.3 is 0 Å². The molecule has 0 saturated carbocycles. The van der Waals surface area contributed by atoms with E-state index in [0.717, 1.165) is 26.1 Å². The van der Waals surface area contributed by atoms with Crippen molar-refractivity contribution in [2.45, 2.75) is 44.1 Å². The van der Waals surface area contributed by atoms with Crippen molar-refractivity contribution in [1.82, 2.24) is 10.3 Å². The lowest BCUT2D eigenvalue weighted by atomic mass is 9.91. The van der Waals surface area contributed by atoms with Crippen molar-refractivity contribution < 1.29 is 4.74 Å². The minimum atomic E-state index is 0.0836. The average Bonchev–Trinajstić information content (AvgIpc) is 2.84. The number of ether oxygens (including phenoxy) is 1. The molecule has 0 spiro atoms. The summed E-state index contributed by atoms with van der Waals surface area (Å²) in [6, 6.07) is 0. The Morgan fingerprint density at radius 2 is 2.00 bits per heavy atom. The predicted molar refractivity (Wildman–Crippen MR) is 69.5 cm³/mol. The molecule has 1 aliphatic heterocycles. The number of aryl methyl sites for hydroxylation is 2. The molecule has 0 aromatic carbocycles. The Kier molecular flexibility index (Phi) is 3.19. The summed E-state index contributed by atoms with van der Waals surface area (Å²) >= 11 is 1.94. The summed E-state index contributed by atoms with van der Waals surface area (Å²) in [4.78, 5) is 6.45. The molecule has 0 radical (unpaired) electrons. The van der Waals surface area contributed by atoms with Crippen molar-refractivity contribution in [2.24, 2.45) is 0 Å². The van der Waals surface area contributed by atoms with E-state index in [1.165, 1.54) is 41.3 Å². The molecule has 0 amide bonds. The molecule has 1 aliphatic carbocycles. The molecule has 0 atom stereocenters. The summed E-state index contributed by atoms with van der Waals surface area (Å²) in [6.45, 7) is 1.70. The zero-order valence-corrected chi connectivity index (χ0v) is 11.2. The van der Waals surface area contributed by atoms with Crippen LogP contribution < -0.4 is 5.32 Å². The van der Waals surface area contributed by atoms with Gasteiger partial charge in [-0.05, 0) is 45.6 Å². The van der Waals surface area contributed by atoms with E-state index in [1.54, 1.807) is 0 Å². The highest BCUT2D eigenvalue weighted by molar-refractivity contribution is 7.11. The molecular weight excluding hydrogens is 232 g/mol. The number of hydrogen-bond acceptors (Lipinski definition) is 4. The SMILES string of the molecule is CNC1(c2nc3c(s2)CCCC3)CCOCC1. The molecule has 1 fully saturated rings. The second-order valence-electron chi connectivity index (χ2n) is 5.04. The van der Waals surface area contributed by atoms with E-state index in [1.807, 2.05) is 11.3 Å². The first-order valence-electron chi connectivity index (χ1n) is 6.60. The lowest BCUT2D eigenvalue weighted by Gasteiger charge is -2.35. The van der Waals surface area contributed by atoms with Crippen LogP contribution in [0.25, 0.3) is 0 Å². The Labute approximate surface area is 107 Å². The topological polar surface area (TPSA) is 34.2 Å². The van der Waals surface area contributed by atoms with Crippen molar-refractivity contribution in [3.05, 3.63) is 15.6 Å². The van der Waals surface area contributed by atoms with Gasteiger partial charge in [-0.3, -0.25) is 0 Å².